The minimum absolute atomic E-state index is 0.0701. The molecule has 0 radical (unpaired) electrons. The van der Waals surface area contributed by atoms with Gasteiger partial charge in [0.05, 0.1) is 40.6 Å². The first-order chi connectivity index (χ1) is 19.5. The van der Waals surface area contributed by atoms with Crippen LogP contribution in [0, 0.1) is 24.2 Å². The summed E-state index contributed by atoms with van der Waals surface area (Å²) >= 11 is 0. The van der Waals surface area contributed by atoms with E-state index in [2.05, 4.69) is 0 Å². The van der Waals surface area contributed by atoms with Gasteiger partial charge in [0.2, 0.25) is 5.91 Å². The number of imide groups is 1. The van der Waals surface area contributed by atoms with Gasteiger partial charge in [-0.3, -0.25) is 14.4 Å². The smallest absolute Gasteiger partial charge is 0.421 e. The molecule has 1 N–H and O–H groups in total. The molecule has 2 aromatic rings. The Labute approximate surface area is 246 Å². The molecule has 1 spiro atoms. The molecule has 1 saturated carbocycles. The number of Topliss-reactive ketones (excluding diaryl/α,β-unsaturated/α-hetero) is 1. The number of aryl methyl sites for hydroxylation is 1. The number of benzene rings is 2. The second kappa shape index (κ2) is 10.5. The molecule has 2 aromatic carbocycles. The number of aldehydes is 1. The Morgan fingerprint density at radius 2 is 1.69 bits per heavy atom. The van der Waals surface area contributed by atoms with Gasteiger partial charge in [-0.05, 0) is 72.6 Å². The minimum atomic E-state index is -2.10. The molecule has 0 aromatic heterocycles. The monoisotopic (exact) mass is 577 g/mol. The summed E-state index contributed by atoms with van der Waals surface area (Å²) in [6.45, 7) is 12.3. The fourth-order valence-electron chi connectivity index (χ4n) is 7.08. The van der Waals surface area contributed by atoms with Gasteiger partial charge in [0.1, 0.15) is 17.7 Å². The van der Waals surface area contributed by atoms with Crippen LogP contribution < -0.4 is 4.90 Å². The molecule has 2 aliphatic rings. The van der Waals surface area contributed by atoms with E-state index < -0.39 is 63.5 Å². The lowest BCUT2D eigenvalue weighted by Crippen LogP contribution is -2.73. The van der Waals surface area contributed by atoms with E-state index in [1.54, 1.807) is 83.1 Å². The van der Waals surface area contributed by atoms with E-state index in [1.807, 2.05) is 0 Å². The van der Waals surface area contributed by atoms with Crippen LogP contribution >= 0.6 is 0 Å². The normalized spacial score (nSPS) is 30.5. The Morgan fingerprint density at radius 3 is 2.21 bits per heavy atom. The van der Waals surface area contributed by atoms with Crippen molar-refractivity contribution in [3.8, 4) is 0 Å². The van der Waals surface area contributed by atoms with Crippen molar-refractivity contribution in [3.05, 3.63) is 65.2 Å². The zero-order valence-electron chi connectivity index (χ0n) is 25.4. The van der Waals surface area contributed by atoms with Crippen LogP contribution in [-0.4, -0.2) is 53.0 Å². The topological polar surface area (TPSA) is 127 Å². The molecule has 224 valence electrons. The fraction of sp³-hybridized carbons (Fsp3) is 0.485. The molecular weight excluding hydrogens is 538 g/mol. The molecule has 6 atom stereocenters. The Kier molecular flexibility index (Phi) is 7.74. The molecule has 9 heteroatoms. The minimum Gasteiger partial charge on any atom is -0.466 e. The quantitative estimate of drug-likeness (QED) is 0.402. The number of esters is 1. The third-order valence-corrected chi connectivity index (χ3v) is 9.11. The van der Waals surface area contributed by atoms with Crippen LogP contribution in [0.4, 0.5) is 10.5 Å². The Hall–Kier alpha value is -3.85. The van der Waals surface area contributed by atoms with Crippen molar-refractivity contribution in [2.75, 3.05) is 11.5 Å². The first kappa shape index (κ1) is 31.1. The van der Waals surface area contributed by atoms with Gasteiger partial charge >= 0.3 is 12.1 Å². The molecule has 9 nitrogen and oxygen atoms in total. The number of nitrogens with zero attached hydrogens (tertiary/aromatic N) is 1. The highest BCUT2D eigenvalue weighted by atomic mass is 16.6. The Balaban J connectivity index is 2.24. The Morgan fingerprint density at radius 1 is 1.07 bits per heavy atom. The summed E-state index contributed by atoms with van der Waals surface area (Å²) in [6.07, 6.45) is -0.422. The molecule has 0 saturated heterocycles. The second-order valence-corrected chi connectivity index (χ2v) is 12.7. The predicted octanol–water partition coefficient (Wildman–Crippen LogP) is 4.65. The molecule has 1 fully saturated rings. The number of ether oxygens (including phenoxy) is 2. The van der Waals surface area contributed by atoms with E-state index in [4.69, 9.17) is 9.47 Å². The van der Waals surface area contributed by atoms with Crippen molar-refractivity contribution >= 4 is 35.7 Å². The van der Waals surface area contributed by atoms with Gasteiger partial charge < -0.3 is 19.4 Å². The number of rotatable bonds is 5. The van der Waals surface area contributed by atoms with Crippen LogP contribution in [-0.2, 0) is 34.1 Å². The summed E-state index contributed by atoms with van der Waals surface area (Å²) in [5.41, 5.74) is -5.43. The molecule has 4 rings (SSSR count). The maximum Gasteiger partial charge on any atom is 0.421 e. The number of aliphatic hydroxyl groups is 1. The summed E-state index contributed by atoms with van der Waals surface area (Å²) in [4.78, 5) is 70.8. The molecule has 2 amide bonds. The van der Waals surface area contributed by atoms with E-state index in [9.17, 15) is 24.3 Å². The van der Waals surface area contributed by atoms with Crippen LogP contribution in [0.15, 0.2) is 48.5 Å². The van der Waals surface area contributed by atoms with E-state index in [-0.39, 0.29) is 17.9 Å². The summed E-state index contributed by atoms with van der Waals surface area (Å²) in [7, 11) is 0. The largest absolute Gasteiger partial charge is 0.466 e. The number of ketones is 1. The van der Waals surface area contributed by atoms with Crippen LogP contribution in [0.3, 0.4) is 0 Å². The van der Waals surface area contributed by atoms with Gasteiger partial charge in [-0.2, -0.15) is 0 Å². The maximum atomic E-state index is 15.2. The standard InChI is InChI=1S/C33H39NO8/c1-9-41-27(37)26-31(7,20(3)36)32(8,40)23(18-35)25(21-13-11-10-12-14-21)33(26)22-17-19(2)15-16-24(22)34(28(33)38)29(39)42-30(4,5)6/h10-18,23,25-26,40H,9H2,1-8H3/t23-,25-,26+,31+,32-,33-/m0/s1. The third kappa shape index (κ3) is 4.28. The van der Waals surface area contributed by atoms with Crippen LogP contribution in [0.1, 0.15) is 71.1 Å². The molecule has 0 unspecified atom stereocenters. The maximum absolute atomic E-state index is 15.2. The van der Waals surface area contributed by atoms with Crippen molar-refractivity contribution in [1.29, 1.82) is 0 Å². The number of anilines is 1. The van der Waals surface area contributed by atoms with Crippen molar-refractivity contribution in [1.82, 2.24) is 0 Å². The van der Waals surface area contributed by atoms with Gasteiger partial charge in [-0.15, -0.1) is 0 Å². The highest BCUT2D eigenvalue weighted by Gasteiger charge is 2.78. The predicted molar refractivity (Wildman–Crippen MR) is 155 cm³/mol. The third-order valence-electron chi connectivity index (χ3n) is 9.11. The summed E-state index contributed by atoms with van der Waals surface area (Å²) in [5, 5.41) is 12.2. The van der Waals surface area contributed by atoms with Crippen LogP contribution in [0.2, 0.25) is 0 Å². The average molecular weight is 578 g/mol. The first-order valence-electron chi connectivity index (χ1n) is 14.1. The SMILES string of the molecule is CCOC(=O)[C@H]1[C@@]2(C(=O)N(C(=O)OC(C)(C)C)c3ccc(C)cc32)[C@@H](c2ccccc2)[C@H](C=O)[C@](C)(O)[C@]1(C)C(C)=O. The van der Waals surface area contributed by atoms with E-state index in [1.165, 1.54) is 20.8 Å². The highest BCUT2D eigenvalue weighted by Crippen LogP contribution is 2.68. The highest BCUT2D eigenvalue weighted by molar-refractivity contribution is 6.23. The van der Waals surface area contributed by atoms with Gasteiger partial charge in [-0.25, -0.2) is 9.69 Å². The first-order valence-corrected chi connectivity index (χ1v) is 14.1. The fourth-order valence-corrected chi connectivity index (χ4v) is 7.08. The van der Waals surface area contributed by atoms with Crippen LogP contribution in [0.5, 0.6) is 0 Å². The van der Waals surface area contributed by atoms with Crippen LogP contribution in [0.25, 0.3) is 0 Å². The van der Waals surface area contributed by atoms with Crippen molar-refractivity contribution in [3.63, 3.8) is 0 Å². The lowest BCUT2D eigenvalue weighted by atomic mass is 9.40. The zero-order chi connectivity index (χ0) is 31.4. The summed E-state index contributed by atoms with van der Waals surface area (Å²) < 4.78 is 11.2. The summed E-state index contributed by atoms with van der Waals surface area (Å²) in [6, 6.07) is 13.6. The molecule has 0 bridgehead atoms. The number of carbonyl (C=O) groups is 5. The molecular formula is C33H39NO8. The number of hydrogen-bond donors (Lipinski definition) is 1. The zero-order valence-corrected chi connectivity index (χ0v) is 25.4. The molecule has 42 heavy (non-hydrogen) atoms. The van der Waals surface area contributed by atoms with Crippen molar-refractivity contribution in [2.24, 2.45) is 17.3 Å². The number of carbonyl (C=O) groups excluding carboxylic acids is 5. The molecule has 1 aliphatic carbocycles. The Bertz CT molecular complexity index is 1440. The van der Waals surface area contributed by atoms with Crippen molar-refractivity contribution < 1.29 is 38.6 Å². The lowest BCUT2D eigenvalue weighted by molar-refractivity contribution is -0.207. The van der Waals surface area contributed by atoms with Gasteiger partial charge in [0.15, 0.2) is 0 Å². The second-order valence-electron chi connectivity index (χ2n) is 12.7. The average Bonchev–Trinajstić information content (AvgIpc) is 3.13. The van der Waals surface area contributed by atoms with Crippen molar-refractivity contribution in [2.45, 2.75) is 77.9 Å². The lowest BCUT2D eigenvalue weighted by Gasteiger charge is -2.61. The van der Waals surface area contributed by atoms with Gasteiger partial charge in [-0.1, -0.05) is 48.0 Å². The summed E-state index contributed by atoms with van der Waals surface area (Å²) in [5.74, 6) is -6.49. The van der Waals surface area contributed by atoms with E-state index >= 15 is 4.79 Å². The number of fused-ring (bicyclic) bond motifs is 2. The number of hydrogen-bond acceptors (Lipinski definition) is 8. The molecule has 1 aliphatic heterocycles. The molecule has 1 heterocycles. The number of amides is 2. The van der Waals surface area contributed by atoms with E-state index in [0.717, 1.165) is 4.90 Å². The van der Waals surface area contributed by atoms with Gasteiger partial charge in [0, 0.05) is 5.92 Å². The van der Waals surface area contributed by atoms with Gasteiger partial charge in [0.25, 0.3) is 0 Å². The van der Waals surface area contributed by atoms with E-state index in [0.29, 0.717) is 17.4 Å².